The van der Waals surface area contributed by atoms with Gasteiger partial charge in [-0.05, 0) is 19.4 Å². The number of hydrogen-bond donors (Lipinski definition) is 1. The second-order valence-corrected chi connectivity index (χ2v) is 9.44. The Balaban J connectivity index is 1.96. The van der Waals surface area contributed by atoms with Crippen LogP contribution < -0.4 is 10.6 Å². The molecule has 1 saturated heterocycles. The molecular formula is C20H26NO2P. The average molecular weight is 343 g/mol. The van der Waals surface area contributed by atoms with Crippen LogP contribution in [0.25, 0.3) is 0 Å². The van der Waals surface area contributed by atoms with Gasteiger partial charge in [0.2, 0.25) is 0 Å². The fourth-order valence-corrected chi connectivity index (χ4v) is 6.70. The summed E-state index contributed by atoms with van der Waals surface area (Å²) in [5, 5.41) is 11.8. The highest BCUT2D eigenvalue weighted by Crippen LogP contribution is 2.45. The van der Waals surface area contributed by atoms with E-state index in [1.165, 1.54) is 0 Å². The van der Waals surface area contributed by atoms with Crippen LogP contribution in [0.1, 0.15) is 19.8 Å². The van der Waals surface area contributed by atoms with E-state index in [9.17, 15) is 9.67 Å². The summed E-state index contributed by atoms with van der Waals surface area (Å²) in [6, 6.07) is 20.0. The smallest absolute Gasteiger partial charge is 0.144 e. The monoisotopic (exact) mass is 343 g/mol. The largest absolute Gasteiger partial charge is 0.392 e. The lowest BCUT2D eigenvalue weighted by atomic mass is 10.0. The van der Waals surface area contributed by atoms with E-state index in [0.717, 1.165) is 30.0 Å². The fraction of sp³-hybridized carbons (Fsp3) is 0.400. The third-order valence-electron chi connectivity index (χ3n) is 5.02. The van der Waals surface area contributed by atoms with Gasteiger partial charge in [-0.1, -0.05) is 67.6 Å². The Kier molecular flexibility index (Phi) is 5.55. The number of piperidine rings is 1. The molecule has 0 radical (unpaired) electrons. The van der Waals surface area contributed by atoms with Gasteiger partial charge in [-0.3, -0.25) is 4.90 Å². The second-order valence-electron chi connectivity index (χ2n) is 6.57. The van der Waals surface area contributed by atoms with Gasteiger partial charge in [-0.25, -0.2) is 0 Å². The van der Waals surface area contributed by atoms with Crippen LogP contribution in [0.2, 0.25) is 0 Å². The minimum atomic E-state index is -2.69. The highest BCUT2D eigenvalue weighted by atomic mass is 31.2. The number of β-amino-alcohol motifs (C(OH)–C–C–N with tert-alkyl or cyclic N) is 1. The second kappa shape index (κ2) is 7.65. The molecule has 0 unspecified atom stereocenters. The zero-order chi connectivity index (χ0) is 17.0. The van der Waals surface area contributed by atoms with Crippen molar-refractivity contribution in [1.29, 1.82) is 0 Å². The van der Waals surface area contributed by atoms with Crippen LogP contribution in [0.4, 0.5) is 0 Å². The standard InChI is InChI=1S/C20H26NO2P/c1-2-21-15-18(22)14-13-17(21)16-24(23,19-9-5-3-6-10-19)20-11-7-4-8-12-20/h3-12,17-18,22H,2,13-16H2,1H3/t17-,18-/m1/s1. The molecule has 0 aromatic heterocycles. The van der Waals surface area contributed by atoms with Gasteiger partial charge in [0.15, 0.2) is 0 Å². The minimum absolute atomic E-state index is 0.254. The summed E-state index contributed by atoms with van der Waals surface area (Å²) in [5.74, 6) is 0. The van der Waals surface area contributed by atoms with Gasteiger partial charge in [-0.2, -0.15) is 0 Å². The Morgan fingerprint density at radius 1 is 1.00 bits per heavy atom. The van der Waals surface area contributed by atoms with E-state index >= 15 is 0 Å². The molecule has 0 bridgehead atoms. The van der Waals surface area contributed by atoms with Crippen LogP contribution in [-0.2, 0) is 4.57 Å². The number of benzene rings is 2. The molecule has 1 N–H and O–H groups in total. The Morgan fingerprint density at radius 2 is 1.54 bits per heavy atom. The first kappa shape index (κ1) is 17.4. The molecule has 1 aliphatic heterocycles. The number of aliphatic hydroxyl groups is 1. The van der Waals surface area contributed by atoms with Gasteiger partial charge in [0.05, 0.1) is 6.10 Å². The molecule has 0 amide bonds. The first-order chi connectivity index (χ1) is 11.6. The van der Waals surface area contributed by atoms with E-state index in [4.69, 9.17) is 0 Å². The quantitative estimate of drug-likeness (QED) is 0.849. The van der Waals surface area contributed by atoms with Crippen molar-refractivity contribution < 1.29 is 9.67 Å². The van der Waals surface area contributed by atoms with Gasteiger partial charge in [-0.15, -0.1) is 0 Å². The first-order valence-electron chi connectivity index (χ1n) is 8.76. The van der Waals surface area contributed by atoms with E-state index < -0.39 is 7.14 Å². The molecule has 3 rings (SSSR count). The number of rotatable bonds is 5. The van der Waals surface area contributed by atoms with E-state index in [1.54, 1.807) is 0 Å². The van der Waals surface area contributed by atoms with Crippen LogP contribution in [-0.4, -0.2) is 41.4 Å². The molecule has 2 aromatic rings. The predicted octanol–water partition coefficient (Wildman–Crippen LogP) is 2.85. The van der Waals surface area contributed by atoms with Gasteiger partial charge in [0, 0.05) is 29.4 Å². The molecule has 2 atom stereocenters. The Morgan fingerprint density at radius 3 is 2.04 bits per heavy atom. The van der Waals surface area contributed by atoms with Gasteiger partial charge < -0.3 is 9.67 Å². The first-order valence-corrected chi connectivity index (χ1v) is 10.6. The Labute approximate surface area is 144 Å². The molecule has 4 heteroatoms. The molecule has 0 spiro atoms. The average Bonchev–Trinajstić information content (AvgIpc) is 2.64. The maximum absolute atomic E-state index is 14.1. The maximum atomic E-state index is 14.1. The molecule has 0 saturated carbocycles. The van der Waals surface area contributed by atoms with Crippen molar-refractivity contribution in [2.24, 2.45) is 0 Å². The van der Waals surface area contributed by atoms with E-state index in [0.29, 0.717) is 12.7 Å². The van der Waals surface area contributed by atoms with Crippen LogP contribution in [0.3, 0.4) is 0 Å². The third-order valence-corrected chi connectivity index (χ3v) is 8.22. The highest BCUT2D eigenvalue weighted by Gasteiger charge is 2.35. The maximum Gasteiger partial charge on any atom is 0.144 e. The van der Waals surface area contributed by atoms with Gasteiger partial charge in [0.25, 0.3) is 0 Å². The lowest BCUT2D eigenvalue weighted by Crippen LogP contribution is -2.47. The predicted molar refractivity (Wildman–Crippen MR) is 101 cm³/mol. The molecule has 24 heavy (non-hydrogen) atoms. The number of nitrogens with zero attached hydrogens (tertiary/aromatic N) is 1. The molecular weight excluding hydrogens is 317 g/mol. The minimum Gasteiger partial charge on any atom is -0.392 e. The summed E-state index contributed by atoms with van der Waals surface area (Å²) in [7, 11) is -2.69. The molecule has 3 nitrogen and oxygen atoms in total. The Hall–Kier alpha value is -1.41. The summed E-state index contributed by atoms with van der Waals surface area (Å²) in [5.41, 5.74) is 0. The van der Waals surface area contributed by atoms with Gasteiger partial charge >= 0.3 is 0 Å². The SMILES string of the molecule is CCN1C[C@H](O)CC[C@@H]1CP(=O)(c1ccccc1)c1ccccc1. The molecule has 0 aliphatic carbocycles. The summed E-state index contributed by atoms with van der Waals surface area (Å²) >= 11 is 0. The van der Waals surface area contributed by atoms with Crippen molar-refractivity contribution in [3.8, 4) is 0 Å². The zero-order valence-electron chi connectivity index (χ0n) is 14.2. The van der Waals surface area contributed by atoms with Crippen molar-refractivity contribution in [3.05, 3.63) is 60.7 Å². The fourth-order valence-electron chi connectivity index (χ4n) is 3.67. The lowest BCUT2D eigenvalue weighted by Gasteiger charge is -2.39. The van der Waals surface area contributed by atoms with Crippen molar-refractivity contribution in [2.75, 3.05) is 19.3 Å². The molecule has 1 heterocycles. The van der Waals surface area contributed by atoms with Crippen LogP contribution in [0, 0.1) is 0 Å². The topological polar surface area (TPSA) is 40.5 Å². The molecule has 1 aliphatic rings. The number of aliphatic hydroxyl groups excluding tert-OH is 1. The van der Waals surface area contributed by atoms with E-state index in [1.807, 2.05) is 60.7 Å². The molecule has 1 fully saturated rings. The van der Waals surface area contributed by atoms with Crippen LogP contribution in [0.15, 0.2) is 60.7 Å². The zero-order valence-corrected chi connectivity index (χ0v) is 15.1. The summed E-state index contributed by atoms with van der Waals surface area (Å²) in [6.07, 6.45) is 2.08. The van der Waals surface area contributed by atoms with E-state index in [2.05, 4.69) is 11.8 Å². The third kappa shape index (κ3) is 3.64. The van der Waals surface area contributed by atoms with Crippen molar-refractivity contribution in [2.45, 2.75) is 31.9 Å². The van der Waals surface area contributed by atoms with Crippen LogP contribution >= 0.6 is 7.14 Å². The van der Waals surface area contributed by atoms with E-state index in [-0.39, 0.29) is 12.1 Å². The summed E-state index contributed by atoms with van der Waals surface area (Å²) in [6.45, 7) is 3.68. The number of likely N-dealkylation sites (tertiary alicyclic amines) is 1. The van der Waals surface area contributed by atoms with Gasteiger partial charge in [0.1, 0.15) is 7.14 Å². The van der Waals surface area contributed by atoms with Crippen molar-refractivity contribution in [1.82, 2.24) is 4.90 Å². The Bertz CT molecular complexity index is 646. The summed E-state index contributed by atoms with van der Waals surface area (Å²) in [4.78, 5) is 2.28. The number of likely N-dealkylation sites (N-methyl/N-ethyl adjacent to an activating group) is 1. The normalized spacial score (nSPS) is 22.4. The summed E-state index contributed by atoms with van der Waals surface area (Å²) < 4.78 is 14.1. The lowest BCUT2D eigenvalue weighted by molar-refractivity contribution is 0.0454. The highest BCUT2D eigenvalue weighted by molar-refractivity contribution is 7.78. The molecule has 128 valence electrons. The number of hydrogen-bond acceptors (Lipinski definition) is 3. The van der Waals surface area contributed by atoms with Crippen LogP contribution in [0.5, 0.6) is 0 Å². The van der Waals surface area contributed by atoms with Crippen molar-refractivity contribution >= 4 is 17.8 Å². The molecule has 2 aromatic carbocycles. The van der Waals surface area contributed by atoms with Crippen molar-refractivity contribution in [3.63, 3.8) is 0 Å².